The number of benzene rings is 1. The van der Waals surface area contributed by atoms with Gasteiger partial charge in [-0.25, -0.2) is 4.98 Å². The van der Waals surface area contributed by atoms with Crippen LogP contribution in [0.25, 0.3) is 11.1 Å². The molecule has 0 radical (unpaired) electrons. The van der Waals surface area contributed by atoms with E-state index in [0.717, 1.165) is 54.9 Å². The van der Waals surface area contributed by atoms with Crippen molar-refractivity contribution in [1.29, 1.82) is 0 Å². The molecule has 1 aliphatic rings. The van der Waals surface area contributed by atoms with Crippen molar-refractivity contribution in [2.45, 2.75) is 12.8 Å². The second-order valence-electron chi connectivity index (χ2n) is 6.23. The summed E-state index contributed by atoms with van der Waals surface area (Å²) in [7, 11) is 1.66. The van der Waals surface area contributed by atoms with Crippen LogP contribution in [0.15, 0.2) is 42.6 Å². The second-order valence-corrected chi connectivity index (χ2v) is 6.23. The SMILES string of the molecule is COCCOc1cccc(-c2ccnc(N3CCC(C=O)CC3)c2)c1. The van der Waals surface area contributed by atoms with E-state index >= 15 is 0 Å². The molecule has 1 fully saturated rings. The van der Waals surface area contributed by atoms with Crippen LogP contribution in [0, 0.1) is 5.92 Å². The van der Waals surface area contributed by atoms with Gasteiger partial charge in [0.25, 0.3) is 0 Å². The highest BCUT2D eigenvalue weighted by molar-refractivity contribution is 5.68. The van der Waals surface area contributed by atoms with Crippen LogP contribution in [-0.4, -0.2) is 44.7 Å². The van der Waals surface area contributed by atoms with Gasteiger partial charge in [-0.3, -0.25) is 0 Å². The summed E-state index contributed by atoms with van der Waals surface area (Å²) in [6, 6.07) is 12.2. The number of carbonyl (C=O) groups is 1. The van der Waals surface area contributed by atoms with Crippen molar-refractivity contribution in [3.05, 3.63) is 42.6 Å². The number of nitrogens with zero attached hydrogens (tertiary/aromatic N) is 2. The van der Waals surface area contributed by atoms with Gasteiger partial charge in [0.1, 0.15) is 24.5 Å². The first-order valence-electron chi connectivity index (χ1n) is 8.68. The number of carbonyl (C=O) groups excluding carboxylic acids is 1. The normalized spacial score (nSPS) is 15.2. The van der Waals surface area contributed by atoms with Gasteiger partial charge in [0.2, 0.25) is 0 Å². The number of aldehydes is 1. The highest BCUT2D eigenvalue weighted by Gasteiger charge is 2.19. The zero-order chi connectivity index (χ0) is 17.5. The molecule has 1 aromatic carbocycles. The lowest BCUT2D eigenvalue weighted by Gasteiger charge is -2.30. The third-order valence-electron chi connectivity index (χ3n) is 4.53. The Morgan fingerprint density at radius 1 is 1.16 bits per heavy atom. The molecule has 2 aromatic rings. The monoisotopic (exact) mass is 340 g/mol. The summed E-state index contributed by atoms with van der Waals surface area (Å²) in [4.78, 5) is 17.7. The molecular formula is C20H24N2O3. The van der Waals surface area contributed by atoms with Crippen LogP contribution in [0.5, 0.6) is 5.75 Å². The topological polar surface area (TPSA) is 51.7 Å². The number of rotatable bonds is 7. The molecule has 1 aromatic heterocycles. The van der Waals surface area contributed by atoms with Crippen LogP contribution in [-0.2, 0) is 9.53 Å². The number of ether oxygens (including phenoxy) is 2. The summed E-state index contributed by atoms with van der Waals surface area (Å²) in [6.07, 6.45) is 4.72. The highest BCUT2D eigenvalue weighted by Crippen LogP contribution is 2.28. The summed E-state index contributed by atoms with van der Waals surface area (Å²) >= 11 is 0. The summed E-state index contributed by atoms with van der Waals surface area (Å²) in [5.74, 6) is 1.99. The van der Waals surface area contributed by atoms with Gasteiger partial charge in [0.05, 0.1) is 6.61 Å². The average molecular weight is 340 g/mol. The molecule has 0 amide bonds. The largest absolute Gasteiger partial charge is 0.491 e. The Kier molecular flexibility index (Phi) is 6.01. The molecule has 0 bridgehead atoms. The zero-order valence-electron chi connectivity index (χ0n) is 14.6. The van der Waals surface area contributed by atoms with Gasteiger partial charge in [-0.15, -0.1) is 0 Å². The van der Waals surface area contributed by atoms with Gasteiger partial charge < -0.3 is 19.2 Å². The summed E-state index contributed by atoms with van der Waals surface area (Å²) in [5, 5.41) is 0. The smallest absolute Gasteiger partial charge is 0.129 e. The lowest BCUT2D eigenvalue weighted by atomic mass is 9.98. The number of anilines is 1. The molecule has 0 spiro atoms. The van der Waals surface area contributed by atoms with Crippen molar-refractivity contribution in [3.63, 3.8) is 0 Å². The fraction of sp³-hybridized carbons (Fsp3) is 0.400. The van der Waals surface area contributed by atoms with Crippen LogP contribution in [0.1, 0.15) is 12.8 Å². The molecule has 1 saturated heterocycles. The average Bonchev–Trinajstić information content (AvgIpc) is 2.69. The number of hydrogen-bond acceptors (Lipinski definition) is 5. The van der Waals surface area contributed by atoms with Crippen molar-refractivity contribution in [2.75, 3.05) is 38.3 Å². The van der Waals surface area contributed by atoms with E-state index in [9.17, 15) is 4.79 Å². The minimum absolute atomic E-state index is 0.195. The Morgan fingerprint density at radius 2 is 1.96 bits per heavy atom. The quantitative estimate of drug-likeness (QED) is 0.572. The number of methoxy groups -OCH3 is 1. The fourth-order valence-electron chi connectivity index (χ4n) is 3.04. The van der Waals surface area contributed by atoms with Gasteiger partial charge in [0, 0.05) is 32.3 Å². The van der Waals surface area contributed by atoms with Crippen LogP contribution in [0.4, 0.5) is 5.82 Å². The van der Waals surface area contributed by atoms with E-state index in [-0.39, 0.29) is 5.92 Å². The Bertz CT molecular complexity index is 697. The third-order valence-corrected chi connectivity index (χ3v) is 4.53. The van der Waals surface area contributed by atoms with Gasteiger partial charge in [-0.2, -0.15) is 0 Å². The third kappa shape index (κ3) is 4.57. The van der Waals surface area contributed by atoms with E-state index in [1.165, 1.54) is 0 Å². The molecule has 2 heterocycles. The molecule has 0 saturated carbocycles. The number of pyridine rings is 1. The zero-order valence-corrected chi connectivity index (χ0v) is 14.6. The van der Waals surface area contributed by atoms with E-state index in [0.29, 0.717) is 13.2 Å². The van der Waals surface area contributed by atoms with Crippen LogP contribution < -0.4 is 9.64 Å². The van der Waals surface area contributed by atoms with E-state index in [1.54, 1.807) is 7.11 Å². The lowest BCUT2D eigenvalue weighted by molar-refractivity contribution is -0.111. The maximum Gasteiger partial charge on any atom is 0.129 e. The molecule has 3 rings (SSSR count). The first-order valence-corrected chi connectivity index (χ1v) is 8.68. The first kappa shape index (κ1) is 17.4. The van der Waals surface area contributed by atoms with Crippen LogP contribution in [0.2, 0.25) is 0 Å². The summed E-state index contributed by atoms with van der Waals surface area (Å²) < 4.78 is 10.7. The molecule has 0 unspecified atom stereocenters. The Morgan fingerprint density at radius 3 is 2.72 bits per heavy atom. The first-order chi connectivity index (χ1) is 12.3. The van der Waals surface area contributed by atoms with Gasteiger partial charge in [0.15, 0.2) is 0 Å². The standard InChI is InChI=1S/C20H24N2O3/c1-24-11-12-25-19-4-2-3-17(13-19)18-5-8-21-20(14-18)22-9-6-16(15-23)7-10-22/h2-5,8,13-16H,6-7,9-12H2,1H3. The fourth-order valence-corrected chi connectivity index (χ4v) is 3.04. The molecular weight excluding hydrogens is 316 g/mol. The predicted octanol–water partition coefficient (Wildman–Crippen LogP) is 3.19. The van der Waals surface area contributed by atoms with Crippen molar-refractivity contribution in [3.8, 4) is 16.9 Å². The van der Waals surface area contributed by atoms with E-state index in [4.69, 9.17) is 9.47 Å². The molecule has 0 atom stereocenters. The van der Waals surface area contributed by atoms with Crippen LogP contribution >= 0.6 is 0 Å². The number of piperidine rings is 1. The van der Waals surface area contributed by atoms with E-state index in [1.807, 2.05) is 30.5 Å². The van der Waals surface area contributed by atoms with Crippen molar-refractivity contribution in [2.24, 2.45) is 5.92 Å². The van der Waals surface area contributed by atoms with E-state index in [2.05, 4.69) is 22.0 Å². The number of aromatic nitrogens is 1. The van der Waals surface area contributed by atoms with Gasteiger partial charge >= 0.3 is 0 Å². The highest BCUT2D eigenvalue weighted by atomic mass is 16.5. The van der Waals surface area contributed by atoms with Gasteiger partial charge in [-0.1, -0.05) is 12.1 Å². The predicted molar refractivity (Wildman–Crippen MR) is 98.0 cm³/mol. The molecule has 132 valence electrons. The lowest BCUT2D eigenvalue weighted by Crippen LogP contribution is -2.34. The maximum atomic E-state index is 10.9. The van der Waals surface area contributed by atoms with Crippen molar-refractivity contribution >= 4 is 12.1 Å². The van der Waals surface area contributed by atoms with Crippen molar-refractivity contribution < 1.29 is 14.3 Å². The van der Waals surface area contributed by atoms with Crippen LogP contribution in [0.3, 0.4) is 0 Å². The minimum Gasteiger partial charge on any atom is -0.491 e. The molecule has 1 aliphatic heterocycles. The number of hydrogen-bond donors (Lipinski definition) is 0. The Balaban J connectivity index is 1.73. The molecule has 5 nitrogen and oxygen atoms in total. The van der Waals surface area contributed by atoms with E-state index < -0.39 is 0 Å². The molecule has 0 aliphatic carbocycles. The minimum atomic E-state index is 0.195. The molecule has 5 heteroatoms. The summed E-state index contributed by atoms with van der Waals surface area (Å²) in [6.45, 7) is 2.85. The summed E-state index contributed by atoms with van der Waals surface area (Å²) in [5.41, 5.74) is 2.21. The maximum absolute atomic E-state index is 10.9. The Labute approximate surface area is 148 Å². The Hall–Kier alpha value is -2.40. The second kappa shape index (κ2) is 8.62. The van der Waals surface area contributed by atoms with Crippen molar-refractivity contribution in [1.82, 2.24) is 4.98 Å². The van der Waals surface area contributed by atoms with Gasteiger partial charge in [-0.05, 0) is 48.2 Å². The molecule has 0 N–H and O–H groups in total. The molecule has 25 heavy (non-hydrogen) atoms.